The van der Waals surface area contributed by atoms with Crippen LogP contribution in [0.5, 0.6) is 5.75 Å². The molecule has 2 aliphatic rings. The van der Waals surface area contributed by atoms with Gasteiger partial charge in [0, 0.05) is 12.1 Å². The number of nitrogens with two attached hydrogens (primary N) is 1. The zero-order chi connectivity index (χ0) is 31.8. The van der Waals surface area contributed by atoms with E-state index in [0.29, 0.717) is 36.1 Å². The molecule has 5 N–H and O–H groups in total. The molecule has 2 aromatic rings. The number of carbonyl (C=O) groups excluding carboxylic acids is 5. The molecular weight excluding hydrogens is 577 g/mol. The molecule has 15 heteroatoms. The third-order valence-electron chi connectivity index (χ3n) is 6.63. The third kappa shape index (κ3) is 8.23. The predicted octanol–water partition coefficient (Wildman–Crippen LogP) is 1.80. The number of ether oxygens (including phenoxy) is 1. The summed E-state index contributed by atoms with van der Waals surface area (Å²) in [4.78, 5) is 70.4. The summed E-state index contributed by atoms with van der Waals surface area (Å²) < 4.78 is 37.1. The van der Waals surface area contributed by atoms with Crippen molar-refractivity contribution in [3.63, 3.8) is 0 Å². The number of anilines is 2. The Hall–Kier alpha value is -4.63. The number of nitrogens with zero attached hydrogens (tertiary/aromatic N) is 1. The molecule has 0 saturated carbocycles. The summed E-state index contributed by atoms with van der Waals surface area (Å²) in [7, 11) is 0. The summed E-state index contributed by atoms with van der Waals surface area (Å²) in [6.07, 6.45) is -0.363. The van der Waals surface area contributed by atoms with Crippen molar-refractivity contribution in [3.8, 4) is 5.75 Å². The zero-order valence-electron chi connectivity index (χ0n) is 22.7. The first-order valence-electron chi connectivity index (χ1n) is 13.1. The summed E-state index contributed by atoms with van der Waals surface area (Å²) in [5, 5.41) is 12.5. The second-order valence-corrected chi connectivity index (χ2v) is 9.69. The van der Waals surface area contributed by atoms with Gasteiger partial charge in [-0.05, 0) is 67.8 Å². The Balaban J connectivity index is 0.000000646. The highest BCUT2D eigenvalue weighted by atomic mass is 19.4. The molecule has 0 bridgehead atoms. The largest absolute Gasteiger partial charge is 0.490 e. The van der Waals surface area contributed by atoms with E-state index in [1.807, 2.05) is 12.1 Å². The Labute approximate surface area is 243 Å². The molecule has 12 nitrogen and oxygen atoms in total. The number of halogens is 3. The lowest BCUT2D eigenvalue weighted by Crippen LogP contribution is -2.33. The van der Waals surface area contributed by atoms with Crippen LogP contribution in [0.1, 0.15) is 41.6 Å². The van der Waals surface area contributed by atoms with Crippen LogP contribution in [-0.2, 0) is 30.4 Å². The van der Waals surface area contributed by atoms with Crippen LogP contribution < -0.4 is 26.0 Å². The number of benzene rings is 2. The van der Waals surface area contributed by atoms with E-state index in [4.69, 9.17) is 20.4 Å². The summed E-state index contributed by atoms with van der Waals surface area (Å²) in [5.74, 6) is -3.85. The van der Waals surface area contributed by atoms with Crippen LogP contribution >= 0.6 is 0 Å². The second-order valence-electron chi connectivity index (χ2n) is 9.69. The molecule has 0 aliphatic carbocycles. The smallest absolute Gasteiger partial charge is 0.475 e. The number of hydrogen-bond acceptors (Lipinski definition) is 9. The number of esters is 1. The second kappa shape index (κ2) is 14.0. The van der Waals surface area contributed by atoms with Crippen LogP contribution in [0, 0.1) is 0 Å². The van der Waals surface area contributed by atoms with Gasteiger partial charge in [-0.1, -0.05) is 12.5 Å². The fourth-order valence-corrected chi connectivity index (χ4v) is 4.31. The topological polar surface area (TPSA) is 195 Å². The molecule has 1 saturated heterocycles. The van der Waals surface area contributed by atoms with Crippen molar-refractivity contribution in [3.05, 3.63) is 53.6 Å². The predicted molar refractivity (Wildman–Crippen MR) is 145 cm³/mol. The highest BCUT2D eigenvalue weighted by Gasteiger charge is 2.59. The number of aryl methyl sites for hydroxylation is 1. The first-order valence-corrected chi connectivity index (χ1v) is 13.1. The molecule has 0 spiro atoms. The summed E-state index contributed by atoms with van der Waals surface area (Å²) in [6, 6.07) is 10.9. The molecule has 2 aliphatic heterocycles. The van der Waals surface area contributed by atoms with E-state index in [1.165, 1.54) is 17.0 Å². The number of aldehydes is 2. The Morgan fingerprint density at radius 3 is 2.35 bits per heavy atom. The zero-order valence-corrected chi connectivity index (χ0v) is 22.7. The van der Waals surface area contributed by atoms with Crippen LogP contribution in [-0.4, -0.2) is 72.3 Å². The van der Waals surface area contributed by atoms with Crippen molar-refractivity contribution in [2.24, 2.45) is 5.73 Å². The van der Waals surface area contributed by atoms with Crippen molar-refractivity contribution < 1.29 is 51.8 Å². The highest BCUT2D eigenvalue weighted by Crippen LogP contribution is 2.33. The van der Waals surface area contributed by atoms with Crippen LogP contribution in [0.15, 0.2) is 42.5 Å². The SMILES string of the molecule is NCCCCCc1ccc2c(c1)C(=O)NCC(=O)N2c1ccc(OC(=O)C2NC2(C=O)CC=O)cc1.O=C(O)C(F)(F)F. The van der Waals surface area contributed by atoms with Gasteiger partial charge in [0.2, 0.25) is 0 Å². The number of alkyl halides is 3. The van der Waals surface area contributed by atoms with Crippen LogP contribution in [0.25, 0.3) is 0 Å². The van der Waals surface area contributed by atoms with Gasteiger partial charge in [0.1, 0.15) is 29.9 Å². The number of fused-ring (bicyclic) bond motifs is 1. The normalized spacial score (nSPS) is 19.2. The minimum Gasteiger partial charge on any atom is -0.475 e. The van der Waals surface area contributed by atoms with E-state index in [2.05, 4.69) is 10.6 Å². The van der Waals surface area contributed by atoms with Gasteiger partial charge in [-0.15, -0.1) is 0 Å². The Morgan fingerprint density at radius 2 is 1.77 bits per heavy atom. The van der Waals surface area contributed by atoms with Crippen molar-refractivity contribution in [2.45, 2.75) is 49.9 Å². The minimum atomic E-state index is -5.08. The number of carboxylic acids is 1. The van der Waals surface area contributed by atoms with Crippen molar-refractivity contribution in [1.82, 2.24) is 10.6 Å². The fourth-order valence-electron chi connectivity index (χ4n) is 4.31. The maximum absolute atomic E-state index is 12.9. The average molecular weight is 607 g/mol. The van der Waals surface area contributed by atoms with Crippen molar-refractivity contribution in [1.29, 1.82) is 0 Å². The standard InChI is InChI=1S/C26H28N4O6.C2HF3O2/c27-12-3-1-2-4-17-5-10-21-20(14-17)24(34)28-15-22(33)30(21)18-6-8-19(9-7-18)36-25(35)23-26(16-32,29-23)11-13-31;3-2(4,5)1(6)7/h5-10,13-14,16,23,29H,1-4,11-12,15,27H2,(H,28,34);(H,6,7). The molecule has 4 rings (SSSR count). The molecule has 2 heterocycles. The van der Waals surface area contributed by atoms with E-state index < -0.39 is 29.7 Å². The first kappa shape index (κ1) is 32.9. The summed E-state index contributed by atoms with van der Waals surface area (Å²) >= 11 is 0. The van der Waals surface area contributed by atoms with E-state index in [0.717, 1.165) is 31.2 Å². The lowest BCUT2D eigenvalue weighted by atomic mass is 10.0. The molecule has 2 unspecified atom stereocenters. The van der Waals surface area contributed by atoms with Crippen LogP contribution in [0.4, 0.5) is 24.5 Å². The van der Waals surface area contributed by atoms with Crippen molar-refractivity contribution in [2.75, 3.05) is 18.0 Å². The van der Waals surface area contributed by atoms with Crippen LogP contribution in [0.3, 0.4) is 0 Å². The van der Waals surface area contributed by atoms with Gasteiger partial charge < -0.3 is 30.5 Å². The summed E-state index contributed by atoms with van der Waals surface area (Å²) in [5.41, 5.74) is 6.74. The molecule has 1 fully saturated rings. The Morgan fingerprint density at radius 1 is 1.09 bits per heavy atom. The van der Waals surface area contributed by atoms with Gasteiger partial charge in [-0.25, -0.2) is 9.59 Å². The average Bonchev–Trinajstić information content (AvgIpc) is 3.71. The number of hydrogen-bond donors (Lipinski definition) is 4. The molecule has 2 aromatic carbocycles. The number of carboxylic acid groups (broad SMARTS) is 1. The number of unbranched alkanes of at least 4 members (excludes halogenated alkanes) is 2. The lowest BCUT2D eigenvalue weighted by Gasteiger charge is -2.23. The molecule has 2 amide bonds. The molecule has 0 radical (unpaired) electrons. The molecule has 43 heavy (non-hydrogen) atoms. The number of amides is 2. The van der Waals surface area contributed by atoms with Gasteiger partial charge >= 0.3 is 18.1 Å². The maximum atomic E-state index is 12.9. The van der Waals surface area contributed by atoms with Gasteiger partial charge in [0.15, 0.2) is 0 Å². The monoisotopic (exact) mass is 606 g/mol. The van der Waals surface area contributed by atoms with Crippen molar-refractivity contribution >= 4 is 47.7 Å². The maximum Gasteiger partial charge on any atom is 0.490 e. The van der Waals surface area contributed by atoms with E-state index in [9.17, 15) is 37.1 Å². The number of rotatable bonds is 11. The molecule has 2 atom stereocenters. The minimum absolute atomic E-state index is 0.117. The first-order chi connectivity index (χ1) is 20.4. The quantitative estimate of drug-likeness (QED) is 0.0963. The van der Waals surface area contributed by atoms with E-state index in [-0.39, 0.29) is 30.5 Å². The van der Waals surface area contributed by atoms with E-state index >= 15 is 0 Å². The molecular formula is C28H29F3N4O8. The Kier molecular flexibility index (Phi) is 10.7. The summed E-state index contributed by atoms with van der Waals surface area (Å²) in [6.45, 7) is 0.493. The lowest BCUT2D eigenvalue weighted by molar-refractivity contribution is -0.192. The highest BCUT2D eigenvalue weighted by molar-refractivity contribution is 6.13. The number of carbonyl (C=O) groups is 6. The van der Waals surface area contributed by atoms with Gasteiger partial charge in [0.05, 0.1) is 17.8 Å². The van der Waals surface area contributed by atoms with Crippen LogP contribution in [0.2, 0.25) is 0 Å². The van der Waals surface area contributed by atoms with Gasteiger partial charge in [-0.2, -0.15) is 13.2 Å². The number of aliphatic carboxylic acids is 1. The van der Waals surface area contributed by atoms with Gasteiger partial charge in [-0.3, -0.25) is 19.8 Å². The Bertz CT molecular complexity index is 1380. The van der Waals surface area contributed by atoms with E-state index in [1.54, 1.807) is 18.2 Å². The number of nitrogens with one attached hydrogen (secondary N) is 2. The fraction of sp³-hybridized carbons (Fsp3) is 0.357. The molecule has 0 aromatic heterocycles. The third-order valence-corrected chi connectivity index (χ3v) is 6.63. The molecule has 230 valence electrons. The van der Waals surface area contributed by atoms with Gasteiger partial charge in [0.25, 0.3) is 11.8 Å².